The van der Waals surface area contributed by atoms with Crippen molar-refractivity contribution in [2.75, 3.05) is 0 Å². The average Bonchev–Trinajstić information content (AvgIpc) is 2.15. The van der Waals surface area contributed by atoms with Crippen LogP contribution in [0.3, 0.4) is 0 Å². The molecule has 0 spiro atoms. The topological polar surface area (TPSA) is 47.6 Å². The van der Waals surface area contributed by atoms with Crippen molar-refractivity contribution in [1.82, 2.24) is 0 Å². The summed E-state index contributed by atoms with van der Waals surface area (Å²) in [6.45, 7) is 0. The molecule has 0 aliphatic rings. The molecule has 1 aromatic rings. The Bertz CT molecular complexity index is 316. The van der Waals surface area contributed by atoms with Gasteiger partial charge in [-0.1, -0.05) is 30.3 Å². The van der Waals surface area contributed by atoms with Gasteiger partial charge in [-0.15, -0.1) is 0 Å². The van der Waals surface area contributed by atoms with Crippen molar-refractivity contribution in [3.05, 3.63) is 35.9 Å². The fourth-order valence-corrected chi connectivity index (χ4v) is 1.01. The zero-order chi connectivity index (χ0) is 8.81. The first kappa shape index (κ1) is 8.30. The molecule has 0 aliphatic heterocycles. The van der Waals surface area contributed by atoms with Crippen molar-refractivity contribution in [2.24, 2.45) is 0 Å². The highest BCUT2D eigenvalue weighted by molar-refractivity contribution is 5.25. The summed E-state index contributed by atoms with van der Waals surface area (Å²) in [5.74, 6) is -0.281. The molecule has 2 heteroatoms. The SMILES string of the molecule is N#CC[C@@H](C#N)c1ccccc1. The standard InChI is InChI=1S/C10H8N2/c11-7-6-10(8-12)9-4-2-1-3-5-9/h1-5,10H,6H2/t10-/m0/s1. The highest BCUT2D eigenvalue weighted by Crippen LogP contribution is 2.16. The van der Waals surface area contributed by atoms with Crippen LogP contribution in [0.5, 0.6) is 0 Å². The van der Waals surface area contributed by atoms with E-state index in [4.69, 9.17) is 10.5 Å². The highest BCUT2D eigenvalue weighted by atomic mass is 14.3. The summed E-state index contributed by atoms with van der Waals surface area (Å²) in [5, 5.41) is 17.1. The van der Waals surface area contributed by atoms with Crippen molar-refractivity contribution in [3.63, 3.8) is 0 Å². The van der Waals surface area contributed by atoms with E-state index in [9.17, 15) is 0 Å². The Morgan fingerprint density at radius 1 is 1.17 bits per heavy atom. The summed E-state index contributed by atoms with van der Waals surface area (Å²) < 4.78 is 0. The molecule has 2 nitrogen and oxygen atoms in total. The number of nitriles is 2. The maximum Gasteiger partial charge on any atom is 0.0842 e. The molecule has 0 heterocycles. The van der Waals surface area contributed by atoms with E-state index in [-0.39, 0.29) is 12.3 Å². The Balaban J connectivity index is 2.84. The number of nitrogens with zero attached hydrogens (tertiary/aromatic N) is 2. The molecule has 1 atom stereocenters. The van der Waals surface area contributed by atoms with Gasteiger partial charge in [-0.05, 0) is 5.56 Å². The largest absolute Gasteiger partial charge is 0.198 e. The molecule has 1 aromatic carbocycles. The zero-order valence-electron chi connectivity index (χ0n) is 6.57. The number of hydrogen-bond donors (Lipinski definition) is 0. The van der Waals surface area contributed by atoms with Gasteiger partial charge in [0.2, 0.25) is 0 Å². The van der Waals surface area contributed by atoms with Crippen molar-refractivity contribution in [2.45, 2.75) is 12.3 Å². The van der Waals surface area contributed by atoms with Gasteiger partial charge in [-0.2, -0.15) is 10.5 Å². The van der Waals surface area contributed by atoms with Crippen LogP contribution in [0.4, 0.5) is 0 Å². The minimum absolute atomic E-state index is 0.264. The Morgan fingerprint density at radius 2 is 1.83 bits per heavy atom. The van der Waals surface area contributed by atoms with Crippen molar-refractivity contribution in [1.29, 1.82) is 10.5 Å². The lowest BCUT2D eigenvalue weighted by Crippen LogP contribution is -1.92. The van der Waals surface area contributed by atoms with E-state index in [0.717, 1.165) is 5.56 Å². The van der Waals surface area contributed by atoms with Gasteiger partial charge in [0.1, 0.15) is 0 Å². The lowest BCUT2D eigenvalue weighted by Gasteiger charge is -2.02. The summed E-state index contributed by atoms with van der Waals surface area (Å²) in [6, 6.07) is 13.5. The molecule has 0 bridgehead atoms. The first-order chi connectivity index (χ1) is 5.88. The normalized spacial score (nSPS) is 11.2. The van der Waals surface area contributed by atoms with Crippen LogP contribution >= 0.6 is 0 Å². The zero-order valence-corrected chi connectivity index (χ0v) is 6.57. The molecule has 0 amide bonds. The van der Waals surface area contributed by atoms with Crippen LogP contribution in [0, 0.1) is 22.7 Å². The van der Waals surface area contributed by atoms with Crippen LogP contribution in [0.1, 0.15) is 17.9 Å². The van der Waals surface area contributed by atoms with E-state index in [1.165, 1.54) is 0 Å². The van der Waals surface area contributed by atoms with Crippen LogP contribution in [0.15, 0.2) is 30.3 Å². The third kappa shape index (κ3) is 1.84. The summed E-state index contributed by atoms with van der Waals surface area (Å²) in [5.41, 5.74) is 0.918. The van der Waals surface area contributed by atoms with E-state index in [1.54, 1.807) is 0 Å². The maximum atomic E-state index is 8.71. The fourth-order valence-electron chi connectivity index (χ4n) is 1.01. The second-order valence-corrected chi connectivity index (χ2v) is 2.45. The minimum atomic E-state index is -0.281. The minimum Gasteiger partial charge on any atom is -0.198 e. The second kappa shape index (κ2) is 4.16. The predicted octanol–water partition coefficient (Wildman–Crippen LogP) is 2.21. The van der Waals surface area contributed by atoms with Crippen LogP contribution in [-0.2, 0) is 0 Å². The molecular formula is C10H8N2. The monoisotopic (exact) mass is 156 g/mol. The first-order valence-electron chi connectivity index (χ1n) is 3.70. The molecule has 0 unspecified atom stereocenters. The molecule has 1 rings (SSSR count). The lowest BCUT2D eigenvalue weighted by molar-refractivity contribution is 0.887. The van der Waals surface area contributed by atoms with Crippen molar-refractivity contribution >= 4 is 0 Å². The molecule has 0 radical (unpaired) electrons. The fraction of sp³-hybridized carbons (Fsp3) is 0.200. The Labute approximate surface area is 71.7 Å². The van der Waals surface area contributed by atoms with Gasteiger partial charge in [0.25, 0.3) is 0 Å². The van der Waals surface area contributed by atoms with Gasteiger partial charge in [0.05, 0.1) is 24.5 Å². The third-order valence-electron chi connectivity index (χ3n) is 1.65. The van der Waals surface area contributed by atoms with Crippen LogP contribution in [0.2, 0.25) is 0 Å². The highest BCUT2D eigenvalue weighted by Gasteiger charge is 2.07. The van der Waals surface area contributed by atoms with Gasteiger partial charge in [0.15, 0.2) is 0 Å². The Hall–Kier alpha value is -1.80. The van der Waals surface area contributed by atoms with E-state index in [2.05, 4.69) is 6.07 Å². The average molecular weight is 156 g/mol. The van der Waals surface area contributed by atoms with E-state index < -0.39 is 0 Å². The molecule has 58 valence electrons. The summed E-state index contributed by atoms with van der Waals surface area (Å²) in [6.07, 6.45) is 0.264. The maximum absolute atomic E-state index is 8.71. The van der Waals surface area contributed by atoms with Crippen LogP contribution < -0.4 is 0 Å². The van der Waals surface area contributed by atoms with Gasteiger partial charge in [0, 0.05) is 0 Å². The van der Waals surface area contributed by atoms with E-state index in [0.29, 0.717) is 0 Å². The summed E-state index contributed by atoms with van der Waals surface area (Å²) in [7, 11) is 0. The van der Waals surface area contributed by atoms with E-state index >= 15 is 0 Å². The summed E-state index contributed by atoms with van der Waals surface area (Å²) in [4.78, 5) is 0. The van der Waals surface area contributed by atoms with Gasteiger partial charge in [-0.3, -0.25) is 0 Å². The molecule has 0 N–H and O–H groups in total. The van der Waals surface area contributed by atoms with Crippen LogP contribution in [0.25, 0.3) is 0 Å². The van der Waals surface area contributed by atoms with Crippen molar-refractivity contribution < 1.29 is 0 Å². The number of benzene rings is 1. The summed E-state index contributed by atoms with van der Waals surface area (Å²) >= 11 is 0. The Kier molecular flexibility index (Phi) is 2.87. The molecule has 0 aliphatic carbocycles. The van der Waals surface area contributed by atoms with Gasteiger partial charge >= 0.3 is 0 Å². The molecule has 0 aromatic heterocycles. The predicted molar refractivity (Wildman–Crippen MR) is 45.0 cm³/mol. The van der Waals surface area contributed by atoms with Crippen molar-refractivity contribution in [3.8, 4) is 12.1 Å². The van der Waals surface area contributed by atoms with Crippen LogP contribution in [-0.4, -0.2) is 0 Å². The molecule has 0 saturated carbocycles. The molecule has 0 saturated heterocycles. The first-order valence-corrected chi connectivity index (χ1v) is 3.70. The molecular weight excluding hydrogens is 148 g/mol. The number of rotatable bonds is 2. The van der Waals surface area contributed by atoms with Gasteiger partial charge < -0.3 is 0 Å². The third-order valence-corrected chi connectivity index (χ3v) is 1.65. The van der Waals surface area contributed by atoms with Gasteiger partial charge in [-0.25, -0.2) is 0 Å². The quantitative estimate of drug-likeness (QED) is 0.659. The smallest absolute Gasteiger partial charge is 0.0842 e. The second-order valence-electron chi connectivity index (χ2n) is 2.45. The number of hydrogen-bond acceptors (Lipinski definition) is 2. The molecule has 12 heavy (non-hydrogen) atoms. The van der Waals surface area contributed by atoms with E-state index in [1.807, 2.05) is 36.4 Å². The Morgan fingerprint density at radius 3 is 2.33 bits per heavy atom. The molecule has 0 fully saturated rings. The lowest BCUT2D eigenvalue weighted by atomic mass is 9.98.